The summed E-state index contributed by atoms with van der Waals surface area (Å²) in [5.41, 5.74) is 4.47. The van der Waals surface area contributed by atoms with Gasteiger partial charge in [0.15, 0.2) is 5.84 Å². The SMILES string of the molecule is NC(COc1ccc([N+](=O)[O-])c(F)c1)=NO. The number of nitro benzene ring substituents is 1. The number of nitrogens with zero attached hydrogens (tertiary/aromatic N) is 2. The summed E-state index contributed by atoms with van der Waals surface area (Å²) >= 11 is 0. The van der Waals surface area contributed by atoms with Crippen molar-refractivity contribution in [2.24, 2.45) is 10.9 Å². The normalized spacial score (nSPS) is 11.2. The fourth-order valence-corrected chi connectivity index (χ4v) is 0.912. The van der Waals surface area contributed by atoms with E-state index in [4.69, 9.17) is 15.7 Å². The monoisotopic (exact) mass is 229 g/mol. The van der Waals surface area contributed by atoms with Gasteiger partial charge in [-0.1, -0.05) is 5.16 Å². The number of halogens is 1. The molecule has 86 valence electrons. The minimum absolute atomic E-state index is 0.0506. The Kier molecular flexibility index (Phi) is 3.59. The number of oxime groups is 1. The van der Waals surface area contributed by atoms with Gasteiger partial charge in [-0.25, -0.2) is 0 Å². The number of rotatable bonds is 4. The molecule has 0 fully saturated rings. The van der Waals surface area contributed by atoms with E-state index in [1.54, 1.807) is 0 Å². The van der Waals surface area contributed by atoms with Gasteiger partial charge in [0.25, 0.3) is 0 Å². The lowest BCUT2D eigenvalue weighted by atomic mass is 10.3. The molecule has 0 aliphatic rings. The van der Waals surface area contributed by atoms with E-state index in [0.717, 1.165) is 12.1 Å². The second-order valence-electron chi connectivity index (χ2n) is 2.75. The molecular formula is C8H8FN3O4. The fourth-order valence-electron chi connectivity index (χ4n) is 0.912. The fraction of sp³-hybridized carbons (Fsp3) is 0.125. The largest absolute Gasteiger partial charge is 0.485 e. The molecule has 1 rings (SSSR count). The third kappa shape index (κ3) is 2.80. The first kappa shape index (κ1) is 11.7. The molecule has 0 saturated heterocycles. The number of ether oxygens (including phenoxy) is 1. The third-order valence-corrected chi connectivity index (χ3v) is 1.63. The van der Waals surface area contributed by atoms with Crippen molar-refractivity contribution < 1.29 is 19.3 Å². The van der Waals surface area contributed by atoms with E-state index in [2.05, 4.69) is 5.16 Å². The molecule has 0 amide bonds. The molecule has 0 spiro atoms. The topological polar surface area (TPSA) is 111 Å². The minimum Gasteiger partial charge on any atom is -0.485 e. The number of benzene rings is 1. The van der Waals surface area contributed by atoms with Crippen LogP contribution in [0.2, 0.25) is 0 Å². The third-order valence-electron chi connectivity index (χ3n) is 1.63. The highest BCUT2D eigenvalue weighted by molar-refractivity contribution is 5.81. The van der Waals surface area contributed by atoms with Gasteiger partial charge in [-0.05, 0) is 6.07 Å². The Hall–Kier alpha value is -2.38. The maximum atomic E-state index is 13.1. The van der Waals surface area contributed by atoms with Crippen LogP contribution >= 0.6 is 0 Å². The summed E-state index contributed by atoms with van der Waals surface area (Å²) in [6, 6.07) is 3.03. The molecule has 0 aromatic heterocycles. The van der Waals surface area contributed by atoms with Crippen LogP contribution in [0.3, 0.4) is 0 Å². The number of nitrogens with two attached hydrogens (primary N) is 1. The van der Waals surface area contributed by atoms with Gasteiger partial charge in [0.05, 0.1) is 4.92 Å². The molecule has 1 aromatic carbocycles. The van der Waals surface area contributed by atoms with E-state index >= 15 is 0 Å². The van der Waals surface area contributed by atoms with Gasteiger partial charge in [0.1, 0.15) is 12.4 Å². The summed E-state index contributed by atoms with van der Waals surface area (Å²) in [5.74, 6) is -1.16. The van der Waals surface area contributed by atoms with Gasteiger partial charge >= 0.3 is 5.69 Å². The first-order valence-corrected chi connectivity index (χ1v) is 4.07. The molecule has 0 aliphatic heterocycles. The molecule has 0 aliphatic carbocycles. The molecule has 1 aromatic rings. The summed E-state index contributed by atoms with van der Waals surface area (Å²) in [5, 5.41) is 21.1. The second-order valence-corrected chi connectivity index (χ2v) is 2.75. The van der Waals surface area contributed by atoms with Crippen molar-refractivity contribution in [1.29, 1.82) is 0 Å². The van der Waals surface area contributed by atoms with Crippen molar-refractivity contribution in [2.75, 3.05) is 6.61 Å². The van der Waals surface area contributed by atoms with Gasteiger partial charge in [0.2, 0.25) is 5.82 Å². The average molecular weight is 229 g/mol. The molecule has 3 N–H and O–H groups in total. The van der Waals surface area contributed by atoms with Gasteiger partial charge in [-0.15, -0.1) is 0 Å². The molecule has 0 bridgehead atoms. The van der Waals surface area contributed by atoms with E-state index in [-0.39, 0.29) is 18.2 Å². The van der Waals surface area contributed by atoms with Crippen LogP contribution < -0.4 is 10.5 Å². The van der Waals surface area contributed by atoms with Crippen LogP contribution in [-0.4, -0.2) is 22.6 Å². The summed E-state index contributed by atoms with van der Waals surface area (Å²) in [7, 11) is 0. The van der Waals surface area contributed by atoms with Crippen molar-refractivity contribution >= 4 is 11.5 Å². The number of hydrogen-bond acceptors (Lipinski definition) is 5. The zero-order chi connectivity index (χ0) is 12.1. The van der Waals surface area contributed by atoms with Crippen LogP contribution in [0, 0.1) is 15.9 Å². The van der Waals surface area contributed by atoms with Crippen molar-refractivity contribution in [2.45, 2.75) is 0 Å². The molecule has 16 heavy (non-hydrogen) atoms. The van der Waals surface area contributed by atoms with Crippen LogP contribution in [0.5, 0.6) is 5.75 Å². The van der Waals surface area contributed by atoms with Crippen LogP contribution in [0.25, 0.3) is 0 Å². The molecule has 0 radical (unpaired) electrons. The van der Waals surface area contributed by atoms with Crippen LogP contribution in [-0.2, 0) is 0 Å². The highest BCUT2D eigenvalue weighted by Crippen LogP contribution is 2.22. The van der Waals surface area contributed by atoms with Gasteiger partial charge in [-0.2, -0.15) is 4.39 Å². The van der Waals surface area contributed by atoms with Gasteiger partial charge < -0.3 is 15.7 Å². The molecule has 0 saturated carbocycles. The zero-order valence-corrected chi connectivity index (χ0v) is 7.96. The Balaban J connectivity index is 2.78. The molecule has 0 heterocycles. The summed E-state index contributed by atoms with van der Waals surface area (Å²) < 4.78 is 18.0. The predicted octanol–water partition coefficient (Wildman–Crippen LogP) is 0.859. The first-order chi connectivity index (χ1) is 7.54. The summed E-state index contributed by atoms with van der Waals surface area (Å²) in [6.45, 7) is -0.242. The molecule has 8 heteroatoms. The Morgan fingerprint density at radius 2 is 2.38 bits per heavy atom. The highest BCUT2D eigenvalue weighted by atomic mass is 19.1. The standard InChI is InChI=1S/C8H8FN3O4/c9-6-3-5(16-4-8(10)11-13)1-2-7(6)12(14)15/h1-3,13H,4H2,(H2,10,11). The second kappa shape index (κ2) is 4.91. The quantitative estimate of drug-likeness (QED) is 0.261. The van der Waals surface area contributed by atoms with Crippen molar-refractivity contribution in [3.05, 3.63) is 34.1 Å². The Labute approximate surface area is 89.1 Å². The van der Waals surface area contributed by atoms with Crippen molar-refractivity contribution in [3.63, 3.8) is 0 Å². The lowest BCUT2D eigenvalue weighted by Crippen LogP contribution is -2.20. The minimum atomic E-state index is -1.01. The molecule has 7 nitrogen and oxygen atoms in total. The maximum absolute atomic E-state index is 13.1. The zero-order valence-electron chi connectivity index (χ0n) is 7.96. The number of hydrogen-bond donors (Lipinski definition) is 2. The lowest BCUT2D eigenvalue weighted by Gasteiger charge is -2.04. The van der Waals surface area contributed by atoms with Gasteiger partial charge in [-0.3, -0.25) is 10.1 Å². The van der Waals surface area contributed by atoms with E-state index in [1.165, 1.54) is 6.07 Å². The highest BCUT2D eigenvalue weighted by Gasteiger charge is 2.14. The van der Waals surface area contributed by atoms with Crippen LogP contribution in [0.15, 0.2) is 23.4 Å². The first-order valence-electron chi connectivity index (χ1n) is 4.07. The summed E-state index contributed by atoms with van der Waals surface area (Å²) in [6.07, 6.45) is 0. The van der Waals surface area contributed by atoms with Gasteiger partial charge in [0, 0.05) is 12.1 Å². The van der Waals surface area contributed by atoms with E-state index in [9.17, 15) is 14.5 Å². The van der Waals surface area contributed by atoms with Crippen molar-refractivity contribution in [1.82, 2.24) is 0 Å². The Morgan fingerprint density at radius 3 is 2.88 bits per heavy atom. The molecule has 0 unspecified atom stereocenters. The van der Waals surface area contributed by atoms with Crippen LogP contribution in [0.1, 0.15) is 0 Å². The number of amidine groups is 1. The molecule has 0 atom stereocenters. The lowest BCUT2D eigenvalue weighted by molar-refractivity contribution is -0.387. The predicted molar refractivity (Wildman–Crippen MR) is 52.0 cm³/mol. The van der Waals surface area contributed by atoms with E-state index < -0.39 is 16.4 Å². The van der Waals surface area contributed by atoms with Crippen LogP contribution in [0.4, 0.5) is 10.1 Å². The average Bonchev–Trinajstić information content (AvgIpc) is 2.25. The van der Waals surface area contributed by atoms with E-state index in [0.29, 0.717) is 0 Å². The maximum Gasteiger partial charge on any atom is 0.305 e. The Morgan fingerprint density at radius 1 is 1.69 bits per heavy atom. The number of nitro groups is 1. The Bertz CT molecular complexity index is 435. The van der Waals surface area contributed by atoms with E-state index in [1.807, 2.05) is 0 Å². The summed E-state index contributed by atoms with van der Waals surface area (Å²) in [4.78, 5) is 9.45. The molecular weight excluding hydrogens is 221 g/mol. The van der Waals surface area contributed by atoms with Crippen molar-refractivity contribution in [3.8, 4) is 5.75 Å². The smallest absolute Gasteiger partial charge is 0.305 e.